The molecule has 0 bridgehead atoms. The number of hydrogen-bond acceptors (Lipinski definition) is 12. The van der Waals surface area contributed by atoms with E-state index < -0.39 is 23.9 Å². The van der Waals surface area contributed by atoms with Gasteiger partial charge in [0.1, 0.15) is 0 Å². The van der Waals surface area contributed by atoms with E-state index in [9.17, 15) is 39.6 Å². The van der Waals surface area contributed by atoms with Crippen LogP contribution in [0.15, 0.2) is 0 Å². The molecule has 12 nitrogen and oxygen atoms in total. The summed E-state index contributed by atoms with van der Waals surface area (Å²) in [5.41, 5.74) is 0. The number of carboxylic acid groups (broad SMARTS) is 4. The summed E-state index contributed by atoms with van der Waals surface area (Å²) in [6, 6.07) is 0. The first-order chi connectivity index (χ1) is 14.2. The second kappa shape index (κ2) is 16.6. The Hall–Kier alpha value is -0.955. The van der Waals surface area contributed by atoms with Crippen molar-refractivity contribution in [1.29, 1.82) is 0 Å². The fourth-order valence-corrected chi connectivity index (χ4v) is 3.41. The number of carbonyl (C=O) groups excluding carboxylic acids is 4. The van der Waals surface area contributed by atoms with Gasteiger partial charge in [-0.15, -0.1) is 0 Å². The summed E-state index contributed by atoms with van der Waals surface area (Å²) in [7, 11) is 0. The van der Waals surface area contributed by atoms with Crippen LogP contribution < -0.4 is 20.4 Å². The Labute approximate surface area is 213 Å². The van der Waals surface area contributed by atoms with E-state index in [0.29, 0.717) is 39.0 Å². The predicted molar refractivity (Wildman–Crippen MR) is 95.0 cm³/mol. The molecule has 1 fully saturated rings. The van der Waals surface area contributed by atoms with Gasteiger partial charge in [0.15, 0.2) is 0 Å². The van der Waals surface area contributed by atoms with Gasteiger partial charge in [-0.05, 0) is 39.0 Å². The Kier molecular flexibility index (Phi) is 16.1. The molecule has 0 aromatic carbocycles. The molecule has 0 aromatic heterocycles. The third-order valence-electron chi connectivity index (χ3n) is 4.77. The summed E-state index contributed by atoms with van der Waals surface area (Å²) < 4.78 is 0. The van der Waals surface area contributed by atoms with Crippen LogP contribution in [-0.2, 0) is 19.2 Å². The van der Waals surface area contributed by atoms with Crippen molar-refractivity contribution in [3.8, 4) is 0 Å². The van der Waals surface area contributed by atoms with Crippen molar-refractivity contribution in [3.05, 3.63) is 0 Å². The Bertz CT molecular complexity index is 497. The van der Waals surface area contributed by atoms with Gasteiger partial charge < -0.3 is 39.6 Å². The van der Waals surface area contributed by atoms with E-state index in [-0.39, 0.29) is 92.3 Å². The first-order valence-corrected chi connectivity index (χ1v) is 9.84. The molecule has 1 radical (unpaired) electrons. The van der Waals surface area contributed by atoms with E-state index >= 15 is 0 Å². The van der Waals surface area contributed by atoms with Crippen molar-refractivity contribution in [3.63, 3.8) is 0 Å². The van der Waals surface area contributed by atoms with Crippen LogP contribution in [0.25, 0.3) is 0 Å². The minimum Gasteiger partial charge on any atom is -0.549 e. The van der Waals surface area contributed by atoms with Crippen LogP contribution in [0.1, 0.15) is 12.8 Å². The van der Waals surface area contributed by atoms with Gasteiger partial charge in [-0.2, -0.15) is 0 Å². The molecule has 1 heterocycles. The quantitative estimate of drug-likeness (QED) is 0.264. The van der Waals surface area contributed by atoms with Crippen molar-refractivity contribution in [2.75, 3.05) is 78.5 Å². The number of aliphatic carboxylic acids is 4. The molecule has 177 valence electrons. The van der Waals surface area contributed by atoms with Gasteiger partial charge in [-0.1, -0.05) is 0 Å². The Morgan fingerprint density at radius 2 is 0.645 bits per heavy atom. The summed E-state index contributed by atoms with van der Waals surface area (Å²) in [4.78, 5) is 50.5. The van der Waals surface area contributed by atoms with Gasteiger partial charge >= 0.3 is 39.9 Å². The standard InChI is InChI=1S/C18H32N4O8.Gd/c23-15(24)11-19-3-1-4-20(12-16(25)26)8-10-22(14-18(29)30)6-2-5-21(9-7-19)13-17(27)28;/h1-14H2,(H,23,24)(H,25,26)(H,27,28)(H,29,30);/q;+3/p-4. The van der Waals surface area contributed by atoms with Crippen LogP contribution in [-0.4, -0.2) is 122 Å². The third kappa shape index (κ3) is 15.5. The average molecular weight is 586 g/mol. The second-order valence-corrected chi connectivity index (χ2v) is 7.30. The molecule has 0 saturated carbocycles. The van der Waals surface area contributed by atoms with Crippen LogP contribution >= 0.6 is 0 Å². The van der Waals surface area contributed by atoms with Crippen LogP contribution in [0.4, 0.5) is 0 Å². The minimum absolute atomic E-state index is 0. The van der Waals surface area contributed by atoms with Crippen LogP contribution in [0.3, 0.4) is 0 Å². The summed E-state index contributed by atoms with van der Waals surface area (Å²) in [5.74, 6) is -5.03. The maximum absolute atomic E-state index is 11.0. The molecule has 1 saturated heterocycles. The van der Waals surface area contributed by atoms with E-state index in [1.807, 2.05) is 0 Å². The average Bonchev–Trinajstić information content (AvgIpc) is 2.60. The molecule has 0 aliphatic carbocycles. The summed E-state index contributed by atoms with van der Waals surface area (Å²) in [6.45, 7) is 1.23. The first-order valence-electron chi connectivity index (χ1n) is 9.84. The molecule has 0 atom stereocenters. The molecular formula is C18H28GdN4O8-. The monoisotopic (exact) mass is 586 g/mol. The van der Waals surface area contributed by atoms with Crippen LogP contribution in [0.5, 0.6) is 0 Å². The van der Waals surface area contributed by atoms with E-state index in [4.69, 9.17) is 0 Å². The van der Waals surface area contributed by atoms with Crippen molar-refractivity contribution in [2.45, 2.75) is 12.8 Å². The largest absolute Gasteiger partial charge is 3.00 e. The number of rotatable bonds is 8. The third-order valence-corrected chi connectivity index (χ3v) is 4.77. The first kappa shape index (κ1) is 30.0. The number of hydrogen-bond donors (Lipinski definition) is 0. The summed E-state index contributed by atoms with van der Waals surface area (Å²) in [5, 5.41) is 44.0. The zero-order valence-corrected chi connectivity index (χ0v) is 19.6. The van der Waals surface area contributed by atoms with Gasteiger partial charge in [-0.3, -0.25) is 19.6 Å². The summed E-state index contributed by atoms with van der Waals surface area (Å²) in [6.07, 6.45) is 0.920. The number of carbonyl (C=O) groups is 4. The topological polar surface area (TPSA) is 173 Å². The maximum atomic E-state index is 11.0. The molecule has 1 aliphatic heterocycles. The molecule has 13 heteroatoms. The molecule has 1 aliphatic rings. The van der Waals surface area contributed by atoms with Gasteiger partial charge in [0.2, 0.25) is 0 Å². The van der Waals surface area contributed by atoms with E-state index in [0.717, 1.165) is 0 Å². The molecule has 0 N–H and O–H groups in total. The molecule has 0 spiro atoms. The van der Waals surface area contributed by atoms with Gasteiger partial charge in [0.05, 0.1) is 23.9 Å². The van der Waals surface area contributed by atoms with E-state index in [2.05, 4.69) is 0 Å². The Morgan fingerprint density at radius 3 is 0.806 bits per heavy atom. The maximum Gasteiger partial charge on any atom is 3.00 e. The van der Waals surface area contributed by atoms with E-state index in [1.54, 1.807) is 19.6 Å². The molecule has 0 aromatic rings. The van der Waals surface area contributed by atoms with Crippen molar-refractivity contribution in [2.24, 2.45) is 0 Å². The number of carboxylic acids is 4. The zero-order chi connectivity index (χ0) is 22.5. The molecule has 0 unspecified atom stereocenters. The molecular weight excluding hydrogens is 557 g/mol. The fourth-order valence-electron chi connectivity index (χ4n) is 3.41. The van der Waals surface area contributed by atoms with Crippen LogP contribution in [0, 0.1) is 39.9 Å². The number of nitrogens with zero attached hydrogens (tertiary/aromatic N) is 4. The SMILES string of the molecule is O=C([O-])CN1CCCN(CC(=O)[O-])CCN(CC(=O)[O-])CCCN(CC(=O)[O-])CC1.[Gd+3]. The molecule has 1 rings (SSSR count). The van der Waals surface area contributed by atoms with E-state index in [1.165, 1.54) is 0 Å². The fraction of sp³-hybridized carbons (Fsp3) is 0.778. The molecule has 31 heavy (non-hydrogen) atoms. The van der Waals surface area contributed by atoms with Gasteiger partial charge in [0.25, 0.3) is 0 Å². The smallest absolute Gasteiger partial charge is 0.549 e. The Balaban J connectivity index is 0.00000900. The predicted octanol–water partition coefficient (Wildman–Crippen LogP) is -7.01. The van der Waals surface area contributed by atoms with Crippen molar-refractivity contribution >= 4 is 23.9 Å². The normalized spacial score (nSPS) is 19.1. The molecule has 0 amide bonds. The Morgan fingerprint density at radius 1 is 0.452 bits per heavy atom. The van der Waals surface area contributed by atoms with Gasteiger partial charge in [0, 0.05) is 52.4 Å². The van der Waals surface area contributed by atoms with Gasteiger partial charge in [-0.25, -0.2) is 0 Å². The van der Waals surface area contributed by atoms with Crippen LogP contribution in [0.2, 0.25) is 0 Å². The second-order valence-electron chi connectivity index (χ2n) is 7.30. The zero-order valence-electron chi connectivity index (χ0n) is 17.3. The van der Waals surface area contributed by atoms with Crippen molar-refractivity contribution < 1.29 is 79.5 Å². The summed E-state index contributed by atoms with van der Waals surface area (Å²) >= 11 is 0. The van der Waals surface area contributed by atoms with Crippen molar-refractivity contribution in [1.82, 2.24) is 19.6 Å². The minimum atomic E-state index is -1.26.